The molecule has 0 spiro atoms. The zero-order valence-corrected chi connectivity index (χ0v) is 26.6. The molecule has 0 radical (unpaired) electrons. The van der Waals surface area contributed by atoms with Crippen molar-refractivity contribution in [2.45, 2.75) is 83.6 Å². The van der Waals surface area contributed by atoms with Crippen LogP contribution in [-0.4, -0.2) is 81.8 Å². The van der Waals surface area contributed by atoms with Crippen LogP contribution in [0, 0.1) is 5.92 Å². The smallest absolute Gasteiger partial charge is 0.326 e. The first kappa shape index (κ1) is 35.9. The second-order valence-corrected chi connectivity index (χ2v) is 11.9. The number of hydrogen-bond donors (Lipinski definition) is 7. The van der Waals surface area contributed by atoms with E-state index in [0.29, 0.717) is 19.4 Å². The van der Waals surface area contributed by atoms with Gasteiger partial charge in [0.15, 0.2) is 0 Å². The number of hydrogen-bond acceptors (Lipinski definition) is 7. The summed E-state index contributed by atoms with van der Waals surface area (Å²) in [5.41, 5.74) is 1.18. The van der Waals surface area contributed by atoms with Crippen molar-refractivity contribution in [1.29, 1.82) is 0 Å². The number of aryl methyl sites for hydroxylation is 1. The number of nitrogens with one attached hydrogen (secondary N) is 4. The summed E-state index contributed by atoms with van der Waals surface area (Å²) in [6.07, 6.45) is -0.392. The van der Waals surface area contributed by atoms with Crippen molar-refractivity contribution in [2.75, 3.05) is 6.54 Å². The summed E-state index contributed by atoms with van der Waals surface area (Å²) in [7, 11) is 0. The van der Waals surface area contributed by atoms with Gasteiger partial charge >= 0.3 is 11.9 Å². The van der Waals surface area contributed by atoms with Crippen LogP contribution in [0.4, 0.5) is 0 Å². The summed E-state index contributed by atoms with van der Waals surface area (Å²) in [6.45, 7) is 6.27. The van der Waals surface area contributed by atoms with Crippen LogP contribution in [0.5, 0.6) is 0 Å². The summed E-state index contributed by atoms with van der Waals surface area (Å²) < 4.78 is 0. The number of amides is 3. The van der Waals surface area contributed by atoms with Crippen molar-refractivity contribution in [3.63, 3.8) is 0 Å². The molecule has 12 heteroatoms. The molecule has 3 rings (SSSR count). The van der Waals surface area contributed by atoms with E-state index in [-0.39, 0.29) is 12.8 Å². The molecule has 248 valence electrons. The van der Waals surface area contributed by atoms with Gasteiger partial charge in [0, 0.05) is 6.42 Å². The summed E-state index contributed by atoms with van der Waals surface area (Å²) in [5, 5.41) is 43.8. The third-order valence-corrected chi connectivity index (χ3v) is 7.89. The highest BCUT2D eigenvalue weighted by Gasteiger charge is 2.32. The van der Waals surface area contributed by atoms with Crippen LogP contribution >= 0.6 is 0 Å². The van der Waals surface area contributed by atoms with Crippen LogP contribution in [0.2, 0.25) is 0 Å². The molecule has 46 heavy (non-hydrogen) atoms. The maximum Gasteiger partial charge on any atom is 0.326 e. The zero-order chi connectivity index (χ0) is 34.0. The minimum absolute atomic E-state index is 0.0584. The van der Waals surface area contributed by atoms with E-state index in [2.05, 4.69) is 51.6 Å². The highest BCUT2D eigenvalue weighted by molar-refractivity contribution is 6.02. The molecule has 0 bridgehead atoms. The predicted octanol–water partition coefficient (Wildman–Crippen LogP) is 2.34. The van der Waals surface area contributed by atoms with E-state index in [1.807, 2.05) is 24.3 Å². The van der Waals surface area contributed by atoms with E-state index in [4.69, 9.17) is 0 Å². The summed E-state index contributed by atoms with van der Waals surface area (Å²) in [5.74, 6) is -5.00. The van der Waals surface area contributed by atoms with Crippen molar-refractivity contribution in [3.8, 4) is 0 Å². The summed E-state index contributed by atoms with van der Waals surface area (Å²) in [6, 6.07) is 13.6. The number of rotatable bonds is 17. The number of aliphatic carboxylic acids is 2. The molecule has 5 atom stereocenters. The number of benzene rings is 3. The molecule has 0 saturated heterocycles. The second-order valence-electron chi connectivity index (χ2n) is 11.9. The molecule has 0 saturated carbocycles. The van der Waals surface area contributed by atoms with Gasteiger partial charge in [-0.05, 0) is 78.7 Å². The third kappa shape index (κ3) is 9.72. The summed E-state index contributed by atoms with van der Waals surface area (Å²) in [4.78, 5) is 61.7. The number of carboxylic acids is 2. The molecule has 0 aliphatic carbocycles. The highest BCUT2D eigenvalue weighted by atomic mass is 16.4. The van der Waals surface area contributed by atoms with Gasteiger partial charge in [-0.15, -0.1) is 0 Å². The SMILES string of the molecule is CC(C)[C@H](NC(=O)[C@H](C)NC(=O)[C@@H](NC(=O)[C@H](CCC(=O)O)NCCCc1c2ccccc2cc2ccccc12)[C@@H](C)O)C(=O)O. The Bertz CT molecular complexity index is 1500. The Morgan fingerprint density at radius 2 is 1.30 bits per heavy atom. The van der Waals surface area contributed by atoms with Crippen LogP contribution in [-0.2, 0) is 30.4 Å². The Kier molecular flexibility index (Phi) is 13.0. The van der Waals surface area contributed by atoms with Crippen molar-refractivity contribution in [3.05, 3.63) is 60.2 Å². The fourth-order valence-corrected chi connectivity index (χ4v) is 5.33. The van der Waals surface area contributed by atoms with Crippen LogP contribution in [0.3, 0.4) is 0 Å². The molecule has 0 aliphatic heterocycles. The Balaban J connectivity index is 1.66. The van der Waals surface area contributed by atoms with E-state index in [1.165, 1.54) is 19.4 Å². The van der Waals surface area contributed by atoms with Gasteiger partial charge in [0.2, 0.25) is 17.7 Å². The molecule has 3 aromatic carbocycles. The molecule has 3 amide bonds. The average Bonchev–Trinajstić information content (AvgIpc) is 3.00. The number of aliphatic hydroxyl groups excluding tert-OH is 1. The fraction of sp³-hybridized carbons (Fsp3) is 0.441. The fourth-order valence-electron chi connectivity index (χ4n) is 5.33. The van der Waals surface area contributed by atoms with Gasteiger partial charge < -0.3 is 36.6 Å². The number of fused-ring (bicyclic) bond motifs is 2. The minimum Gasteiger partial charge on any atom is -0.481 e. The lowest BCUT2D eigenvalue weighted by atomic mass is 9.94. The molecule has 0 heterocycles. The molecule has 0 aromatic heterocycles. The Hall–Kier alpha value is -4.55. The molecular weight excluding hydrogens is 592 g/mol. The van der Waals surface area contributed by atoms with Crippen molar-refractivity contribution < 1.29 is 39.3 Å². The van der Waals surface area contributed by atoms with Crippen molar-refractivity contribution in [2.24, 2.45) is 5.92 Å². The van der Waals surface area contributed by atoms with Gasteiger partial charge in [0.25, 0.3) is 0 Å². The highest BCUT2D eigenvalue weighted by Crippen LogP contribution is 2.29. The lowest BCUT2D eigenvalue weighted by Gasteiger charge is -2.26. The molecule has 7 N–H and O–H groups in total. The first-order valence-corrected chi connectivity index (χ1v) is 15.5. The van der Waals surface area contributed by atoms with E-state index in [9.17, 15) is 39.3 Å². The quantitative estimate of drug-likeness (QED) is 0.0860. The average molecular weight is 637 g/mol. The van der Waals surface area contributed by atoms with Gasteiger partial charge in [-0.1, -0.05) is 62.4 Å². The monoisotopic (exact) mass is 636 g/mol. The molecular formula is C34H44N4O8. The molecule has 0 fully saturated rings. The number of carbonyl (C=O) groups excluding carboxylic acids is 3. The van der Waals surface area contributed by atoms with Gasteiger partial charge in [0.05, 0.1) is 12.1 Å². The molecule has 12 nitrogen and oxygen atoms in total. The second kappa shape index (κ2) is 16.7. The van der Waals surface area contributed by atoms with Crippen molar-refractivity contribution in [1.82, 2.24) is 21.3 Å². The number of carboxylic acid groups (broad SMARTS) is 2. The lowest BCUT2D eigenvalue weighted by molar-refractivity contribution is -0.143. The van der Waals surface area contributed by atoms with E-state index < -0.39 is 65.8 Å². The maximum atomic E-state index is 13.3. The predicted molar refractivity (Wildman–Crippen MR) is 174 cm³/mol. The van der Waals surface area contributed by atoms with Gasteiger partial charge in [-0.2, -0.15) is 0 Å². The molecule has 0 aliphatic rings. The zero-order valence-electron chi connectivity index (χ0n) is 26.6. The normalized spacial score (nSPS) is 14.7. The van der Waals surface area contributed by atoms with Gasteiger partial charge in [0.1, 0.15) is 18.1 Å². The van der Waals surface area contributed by atoms with Crippen LogP contribution in [0.15, 0.2) is 54.6 Å². The van der Waals surface area contributed by atoms with Crippen LogP contribution < -0.4 is 21.3 Å². The Morgan fingerprint density at radius 1 is 0.739 bits per heavy atom. The lowest BCUT2D eigenvalue weighted by Crippen LogP contribution is -2.59. The molecule has 0 unspecified atom stereocenters. The third-order valence-electron chi connectivity index (χ3n) is 7.89. The topological polar surface area (TPSA) is 194 Å². The van der Waals surface area contributed by atoms with Crippen LogP contribution in [0.1, 0.15) is 52.5 Å². The van der Waals surface area contributed by atoms with Gasteiger partial charge in [-0.25, -0.2) is 4.79 Å². The maximum absolute atomic E-state index is 13.3. The molecule has 3 aromatic rings. The Morgan fingerprint density at radius 3 is 1.83 bits per heavy atom. The minimum atomic E-state index is -1.46. The van der Waals surface area contributed by atoms with E-state index >= 15 is 0 Å². The number of carbonyl (C=O) groups is 5. The van der Waals surface area contributed by atoms with Crippen LogP contribution in [0.25, 0.3) is 21.5 Å². The standard InChI is InChI=1S/C34H44N4O8/c1-19(2)29(34(45)46)37-31(42)20(3)36-33(44)30(21(4)39)38-32(43)27(15-16-28(40)41)35-17-9-14-26-24-12-7-5-10-22(24)18-23-11-6-8-13-25(23)26/h5-8,10-13,18-21,27,29-30,35,39H,9,14-17H2,1-4H3,(H,36,44)(H,37,42)(H,38,43)(H,40,41)(H,45,46)/t20-,21+,27-,29-,30-/m0/s1. The first-order valence-electron chi connectivity index (χ1n) is 15.5. The van der Waals surface area contributed by atoms with E-state index in [1.54, 1.807) is 13.8 Å². The largest absolute Gasteiger partial charge is 0.481 e. The summed E-state index contributed by atoms with van der Waals surface area (Å²) >= 11 is 0. The van der Waals surface area contributed by atoms with Crippen molar-refractivity contribution >= 4 is 51.2 Å². The van der Waals surface area contributed by atoms with Gasteiger partial charge in [-0.3, -0.25) is 19.2 Å². The van der Waals surface area contributed by atoms with E-state index in [0.717, 1.165) is 21.5 Å². The Labute approximate surface area is 267 Å². The number of aliphatic hydroxyl groups is 1. The first-order chi connectivity index (χ1) is 21.8.